The van der Waals surface area contributed by atoms with Gasteiger partial charge in [-0.05, 0) is 64.7 Å². The fraction of sp³-hybridized carbons (Fsp3) is 0.277. The van der Waals surface area contributed by atoms with Crippen LogP contribution in [-0.2, 0) is 31.9 Å². The third kappa shape index (κ3) is 8.95. The van der Waals surface area contributed by atoms with Crippen LogP contribution in [0.4, 0.5) is 4.39 Å². The number of pyridine rings is 2. The zero-order valence-electron chi connectivity index (χ0n) is 32.5. The van der Waals surface area contributed by atoms with Crippen LogP contribution < -0.4 is 5.19 Å². The first-order chi connectivity index (χ1) is 24.5. The van der Waals surface area contributed by atoms with Crippen LogP contribution in [0.3, 0.4) is 0 Å². The van der Waals surface area contributed by atoms with E-state index in [0.717, 1.165) is 39.6 Å². The Morgan fingerprint density at radius 1 is 0.755 bits per heavy atom. The Morgan fingerprint density at radius 3 is 2.17 bits per heavy atom. The number of nitrogens with zero attached hydrogens (tertiary/aromatic N) is 2. The summed E-state index contributed by atoms with van der Waals surface area (Å²) in [6.07, 6.45) is 4.83. The van der Waals surface area contributed by atoms with E-state index in [1.54, 1.807) is 19.1 Å². The SMILES string of the molecule is Cc1cc[c-]c(-c2cc(CC(C)(C)C)c([Si](C)(C)C)cn2)c1F.Cc1ccc2oc3c[c-]c(-c4cc(C(C)(C)c5ccccc5)ccn4)cc3c2c1.[Ir]. The van der Waals surface area contributed by atoms with Gasteiger partial charge in [0.25, 0.3) is 0 Å². The molecule has 0 bridgehead atoms. The third-order valence-electron chi connectivity index (χ3n) is 9.71. The molecule has 6 heteroatoms. The van der Waals surface area contributed by atoms with Gasteiger partial charge in [0.2, 0.25) is 0 Å². The van der Waals surface area contributed by atoms with Crippen LogP contribution in [0.2, 0.25) is 19.6 Å². The van der Waals surface area contributed by atoms with Crippen molar-refractivity contribution in [3.05, 3.63) is 149 Å². The van der Waals surface area contributed by atoms with Crippen LogP contribution in [0.5, 0.6) is 0 Å². The first-order valence-electron chi connectivity index (χ1n) is 18.0. The van der Waals surface area contributed by atoms with Gasteiger partial charge in [0.1, 0.15) is 5.58 Å². The molecule has 4 aromatic carbocycles. The van der Waals surface area contributed by atoms with Gasteiger partial charge in [-0.25, -0.2) is 0 Å². The maximum Gasteiger partial charge on any atom is 0.120 e. The molecule has 0 saturated carbocycles. The normalized spacial score (nSPS) is 12.0. The van der Waals surface area contributed by atoms with Crippen molar-refractivity contribution < 1.29 is 28.9 Å². The average molecular weight is 897 g/mol. The fourth-order valence-corrected chi connectivity index (χ4v) is 8.34. The monoisotopic (exact) mass is 897 g/mol. The van der Waals surface area contributed by atoms with Crippen LogP contribution in [0.1, 0.15) is 62.4 Å². The fourth-order valence-electron chi connectivity index (χ4n) is 6.77. The summed E-state index contributed by atoms with van der Waals surface area (Å²) in [4.78, 5) is 9.22. The predicted molar refractivity (Wildman–Crippen MR) is 218 cm³/mol. The Morgan fingerprint density at radius 2 is 1.47 bits per heavy atom. The van der Waals surface area contributed by atoms with E-state index in [0.29, 0.717) is 16.8 Å². The van der Waals surface area contributed by atoms with E-state index in [1.165, 1.54) is 27.4 Å². The maximum absolute atomic E-state index is 14.4. The van der Waals surface area contributed by atoms with E-state index < -0.39 is 8.07 Å². The molecule has 0 unspecified atom stereocenters. The molecule has 0 N–H and O–H groups in total. The third-order valence-corrected chi connectivity index (χ3v) is 11.8. The number of aryl methyl sites for hydroxylation is 2. The van der Waals surface area contributed by atoms with E-state index in [9.17, 15) is 4.39 Å². The molecule has 0 spiro atoms. The Kier molecular flexibility index (Phi) is 11.8. The molecule has 275 valence electrons. The minimum Gasteiger partial charge on any atom is -0.500 e. The minimum atomic E-state index is -1.49. The number of rotatable bonds is 6. The smallest absolute Gasteiger partial charge is 0.120 e. The molecule has 0 aliphatic carbocycles. The van der Waals surface area contributed by atoms with Gasteiger partial charge in [0.05, 0.1) is 13.7 Å². The van der Waals surface area contributed by atoms with E-state index in [4.69, 9.17) is 4.42 Å². The molecule has 0 amide bonds. The quantitative estimate of drug-likeness (QED) is 0.123. The summed E-state index contributed by atoms with van der Waals surface area (Å²) in [5, 5.41) is 3.60. The molecule has 3 aromatic heterocycles. The molecule has 0 aliphatic heterocycles. The second-order valence-corrected chi connectivity index (χ2v) is 21.7. The molecule has 0 atom stereocenters. The summed E-state index contributed by atoms with van der Waals surface area (Å²) in [5.41, 5.74) is 10.6. The summed E-state index contributed by atoms with van der Waals surface area (Å²) >= 11 is 0. The molecule has 1 radical (unpaired) electrons. The van der Waals surface area contributed by atoms with E-state index in [-0.39, 0.29) is 36.8 Å². The van der Waals surface area contributed by atoms with Gasteiger partial charge in [0, 0.05) is 49.1 Å². The summed E-state index contributed by atoms with van der Waals surface area (Å²) in [6.45, 7) is 22.1. The van der Waals surface area contributed by atoms with E-state index in [1.807, 2.05) is 24.5 Å². The summed E-state index contributed by atoms with van der Waals surface area (Å²) in [6, 6.07) is 37.2. The van der Waals surface area contributed by atoms with Gasteiger partial charge >= 0.3 is 0 Å². The van der Waals surface area contributed by atoms with Crippen molar-refractivity contribution in [3.63, 3.8) is 0 Å². The molecule has 3 heterocycles. The van der Waals surface area contributed by atoms with Gasteiger partial charge < -0.3 is 14.4 Å². The molecule has 7 aromatic rings. The van der Waals surface area contributed by atoms with Crippen molar-refractivity contribution in [3.8, 4) is 22.5 Å². The Balaban J connectivity index is 0.000000207. The first kappa shape index (κ1) is 40.0. The minimum absolute atomic E-state index is 0. The van der Waals surface area contributed by atoms with Crippen LogP contribution >= 0.6 is 0 Å². The van der Waals surface area contributed by atoms with Crippen molar-refractivity contribution in [2.75, 3.05) is 0 Å². The molecular weight excluding hydrogens is 848 g/mol. The van der Waals surface area contributed by atoms with Crippen molar-refractivity contribution in [1.29, 1.82) is 0 Å². The van der Waals surface area contributed by atoms with Crippen molar-refractivity contribution in [2.45, 2.75) is 79.9 Å². The van der Waals surface area contributed by atoms with Crippen molar-refractivity contribution >= 4 is 35.2 Å². The molecule has 0 saturated heterocycles. The van der Waals surface area contributed by atoms with Gasteiger partial charge in [-0.15, -0.1) is 42.0 Å². The van der Waals surface area contributed by atoms with Crippen LogP contribution in [0.25, 0.3) is 44.5 Å². The van der Waals surface area contributed by atoms with Gasteiger partial charge in [-0.3, -0.25) is 4.39 Å². The Labute approximate surface area is 329 Å². The Hall–Kier alpha value is -4.22. The van der Waals surface area contributed by atoms with Crippen molar-refractivity contribution in [1.82, 2.24) is 9.97 Å². The molecule has 0 aliphatic rings. The van der Waals surface area contributed by atoms with Crippen molar-refractivity contribution in [2.24, 2.45) is 5.41 Å². The standard InChI is InChI=1S/C27H22NO.C20H27FNSi.Ir/c1-18-9-11-25-22(15-18)23-16-19(10-12-26(23)29-25)24-17-21(13-14-28-24)27(2,3)20-7-5-4-6-8-20;1-14-9-8-10-16(19(14)21)17-11-15(12-20(2,3)4)18(13-22-17)23(5,6)7;/h4-9,11-17H,1-3H3;8-9,11,13H,12H2,1-7H3;/q2*-1;. The molecule has 3 nitrogen and oxygen atoms in total. The van der Waals surface area contributed by atoms with Crippen LogP contribution in [0, 0.1) is 37.2 Å². The zero-order valence-corrected chi connectivity index (χ0v) is 35.9. The zero-order chi connectivity index (χ0) is 37.4. The largest absolute Gasteiger partial charge is 0.500 e. The van der Waals surface area contributed by atoms with E-state index >= 15 is 0 Å². The number of benzene rings is 4. The molecular formula is C47H49FIrN2OSi-2. The number of hydrogen-bond donors (Lipinski definition) is 0. The molecule has 7 rings (SSSR count). The summed E-state index contributed by atoms with van der Waals surface area (Å²) in [7, 11) is -1.49. The number of halogens is 1. The van der Waals surface area contributed by atoms with Gasteiger partial charge in [-0.2, -0.15) is 0 Å². The van der Waals surface area contributed by atoms with Crippen LogP contribution in [-0.4, -0.2) is 18.0 Å². The average Bonchev–Trinajstić information content (AvgIpc) is 3.46. The number of aromatic nitrogens is 2. The number of furan rings is 1. The summed E-state index contributed by atoms with van der Waals surface area (Å²) in [5.74, 6) is -0.220. The predicted octanol–water partition coefficient (Wildman–Crippen LogP) is 12.2. The molecule has 0 fully saturated rings. The maximum atomic E-state index is 14.4. The number of fused-ring (bicyclic) bond motifs is 3. The van der Waals surface area contributed by atoms with Crippen LogP contribution in [0.15, 0.2) is 108 Å². The number of hydrogen-bond acceptors (Lipinski definition) is 3. The van der Waals surface area contributed by atoms with E-state index in [2.05, 4.69) is 150 Å². The first-order valence-corrected chi connectivity index (χ1v) is 21.5. The molecule has 53 heavy (non-hydrogen) atoms. The Bertz CT molecular complexity index is 2370. The second kappa shape index (κ2) is 15.6. The van der Waals surface area contributed by atoms with Gasteiger partial charge in [-0.1, -0.05) is 137 Å². The topological polar surface area (TPSA) is 38.9 Å². The second-order valence-electron chi connectivity index (χ2n) is 16.7. The summed E-state index contributed by atoms with van der Waals surface area (Å²) < 4.78 is 20.4. The van der Waals surface area contributed by atoms with Gasteiger partial charge in [0.15, 0.2) is 0 Å².